The van der Waals surface area contributed by atoms with Crippen molar-refractivity contribution in [1.29, 1.82) is 0 Å². The van der Waals surface area contributed by atoms with Crippen LogP contribution in [-0.4, -0.2) is 5.11 Å². The van der Waals surface area contributed by atoms with Gasteiger partial charge < -0.3 is 10.8 Å². The Hall–Kier alpha value is -1.25. The van der Waals surface area contributed by atoms with Gasteiger partial charge in [-0.15, -0.1) is 12.4 Å². The van der Waals surface area contributed by atoms with Crippen molar-refractivity contribution in [2.24, 2.45) is 11.7 Å². The molecule has 0 fully saturated rings. The van der Waals surface area contributed by atoms with Crippen molar-refractivity contribution >= 4 is 23.2 Å². The van der Waals surface area contributed by atoms with Crippen molar-refractivity contribution in [1.82, 2.24) is 0 Å². The third kappa shape index (κ3) is 3.62. The highest BCUT2D eigenvalue weighted by molar-refractivity contribution is 5.91. The van der Waals surface area contributed by atoms with Gasteiger partial charge in [0.1, 0.15) is 5.75 Å². The van der Waals surface area contributed by atoms with Crippen LogP contribution in [0.3, 0.4) is 0 Å². The van der Waals surface area contributed by atoms with Crippen molar-refractivity contribution < 1.29 is 5.11 Å². The Kier molecular flexibility index (Phi) is 5.64. The summed E-state index contributed by atoms with van der Waals surface area (Å²) < 4.78 is 0. The van der Waals surface area contributed by atoms with E-state index in [1.54, 1.807) is 6.07 Å². The van der Waals surface area contributed by atoms with Crippen molar-refractivity contribution in [3.63, 3.8) is 0 Å². The molecule has 0 spiro atoms. The minimum Gasteiger partial charge on any atom is -0.507 e. The Bertz CT molecular complexity index is 539. The number of hydrogen-bond acceptors (Lipinski definition) is 2. The minimum atomic E-state index is 0. The second-order valence-electron chi connectivity index (χ2n) is 5.30. The van der Waals surface area contributed by atoms with E-state index in [1.165, 1.54) is 0 Å². The number of halogens is 1. The smallest absolute Gasteiger partial charge is 0.123 e. The second kappa shape index (κ2) is 6.78. The van der Waals surface area contributed by atoms with Gasteiger partial charge in [0.2, 0.25) is 0 Å². The lowest BCUT2D eigenvalue weighted by Gasteiger charge is -2.16. The van der Waals surface area contributed by atoms with E-state index in [1.807, 2.05) is 30.3 Å². The highest BCUT2D eigenvalue weighted by Crippen LogP contribution is 2.31. The molecule has 0 bridgehead atoms. The fourth-order valence-corrected chi connectivity index (χ4v) is 2.30. The lowest BCUT2D eigenvalue weighted by Crippen LogP contribution is -2.11. The Labute approximate surface area is 121 Å². The summed E-state index contributed by atoms with van der Waals surface area (Å²) in [4.78, 5) is 0. The zero-order chi connectivity index (χ0) is 13.1. The largest absolute Gasteiger partial charge is 0.507 e. The zero-order valence-electron chi connectivity index (χ0n) is 11.5. The molecule has 0 aliphatic carbocycles. The molecular formula is C16H22ClNO. The van der Waals surface area contributed by atoms with Crippen molar-refractivity contribution in [3.8, 4) is 5.75 Å². The van der Waals surface area contributed by atoms with Crippen LogP contribution >= 0.6 is 12.4 Å². The summed E-state index contributed by atoms with van der Waals surface area (Å²) in [6, 6.07) is 11.6. The number of aromatic hydroxyl groups is 1. The maximum absolute atomic E-state index is 9.85. The SMILES string of the molecule is CC(C)CC[C@H](N)c1ccc(O)c2ccccc12.Cl. The molecule has 3 N–H and O–H groups in total. The van der Waals surface area contributed by atoms with Gasteiger partial charge in [-0.2, -0.15) is 0 Å². The van der Waals surface area contributed by atoms with Gasteiger partial charge in [0, 0.05) is 11.4 Å². The number of phenolic OH excluding ortho intramolecular Hbond substituents is 1. The molecule has 104 valence electrons. The first-order chi connectivity index (χ1) is 8.59. The van der Waals surface area contributed by atoms with E-state index in [-0.39, 0.29) is 18.4 Å². The van der Waals surface area contributed by atoms with Crippen LogP contribution in [0.5, 0.6) is 5.75 Å². The van der Waals surface area contributed by atoms with Gasteiger partial charge in [-0.3, -0.25) is 0 Å². The van der Waals surface area contributed by atoms with Gasteiger partial charge in [0.15, 0.2) is 0 Å². The molecule has 0 amide bonds. The number of rotatable bonds is 4. The van der Waals surface area contributed by atoms with Crippen LogP contribution in [0.25, 0.3) is 10.8 Å². The molecular weight excluding hydrogens is 258 g/mol. The summed E-state index contributed by atoms with van der Waals surface area (Å²) in [7, 11) is 0. The summed E-state index contributed by atoms with van der Waals surface area (Å²) >= 11 is 0. The number of benzene rings is 2. The Morgan fingerprint density at radius 1 is 1.00 bits per heavy atom. The predicted octanol–water partition coefficient (Wildman–Crippen LogP) is 4.40. The normalized spacial score (nSPS) is 12.4. The van der Waals surface area contributed by atoms with E-state index in [2.05, 4.69) is 13.8 Å². The highest BCUT2D eigenvalue weighted by Gasteiger charge is 2.12. The maximum Gasteiger partial charge on any atom is 0.123 e. The lowest BCUT2D eigenvalue weighted by atomic mass is 9.94. The predicted molar refractivity (Wildman–Crippen MR) is 83.9 cm³/mol. The first-order valence-corrected chi connectivity index (χ1v) is 6.55. The average molecular weight is 280 g/mol. The van der Waals surface area contributed by atoms with E-state index in [0.717, 1.165) is 29.2 Å². The molecule has 1 atom stereocenters. The standard InChI is InChI=1S/C16H21NO.ClH/c1-11(2)7-9-15(17)13-8-10-16(18)14-6-4-3-5-12(13)14;/h3-6,8,10-11,15,18H,7,9,17H2,1-2H3;1H/t15-;/m0./s1. The van der Waals surface area contributed by atoms with E-state index in [9.17, 15) is 5.11 Å². The summed E-state index contributed by atoms with van der Waals surface area (Å²) in [5.74, 6) is 0.991. The molecule has 2 rings (SSSR count). The van der Waals surface area contributed by atoms with E-state index >= 15 is 0 Å². The molecule has 2 aromatic carbocycles. The molecule has 0 heterocycles. The van der Waals surface area contributed by atoms with Crippen LogP contribution in [0, 0.1) is 5.92 Å². The van der Waals surface area contributed by atoms with E-state index < -0.39 is 0 Å². The molecule has 0 aliphatic heterocycles. The Morgan fingerprint density at radius 3 is 2.26 bits per heavy atom. The molecule has 19 heavy (non-hydrogen) atoms. The maximum atomic E-state index is 9.85. The van der Waals surface area contributed by atoms with Gasteiger partial charge in [-0.25, -0.2) is 0 Å². The molecule has 2 aromatic rings. The van der Waals surface area contributed by atoms with Gasteiger partial charge in [0.05, 0.1) is 0 Å². The molecule has 0 saturated heterocycles. The number of hydrogen-bond donors (Lipinski definition) is 2. The average Bonchev–Trinajstić information content (AvgIpc) is 2.37. The molecule has 2 nitrogen and oxygen atoms in total. The van der Waals surface area contributed by atoms with Gasteiger partial charge >= 0.3 is 0 Å². The molecule has 0 saturated carbocycles. The van der Waals surface area contributed by atoms with E-state index in [0.29, 0.717) is 11.7 Å². The van der Waals surface area contributed by atoms with Crippen LogP contribution in [-0.2, 0) is 0 Å². The van der Waals surface area contributed by atoms with Crippen LogP contribution in [0.15, 0.2) is 36.4 Å². The minimum absolute atomic E-state index is 0. The fourth-order valence-electron chi connectivity index (χ4n) is 2.30. The molecule has 0 unspecified atom stereocenters. The van der Waals surface area contributed by atoms with Crippen LogP contribution in [0.1, 0.15) is 38.3 Å². The summed E-state index contributed by atoms with van der Waals surface area (Å²) in [5, 5.41) is 11.8. The number of phenols is 1. The Balaban J connectivity index is 0.00000180. The quantitative estimate of drug-likeness (QED) is 0.871. The molecule has 3 heteroatoms. The second-order valence-corrected chi connectivity index (χ2v) is 5.30. The first-order valence-electron chi connectivity index (χ1n) is 6.55. The summed E-state index contributed by atoms with van der Waals surface area (Å²) in [6.07, 6.45) is 2.10. The topological polar surface area (TPSA) is 46.2 Å². The molecule has 0 aromatic heterocycles. The highest BCUT2D eigenvalue weighted by atomic mass is 35.5. The van der Waals surface area contributed by atoms with Crippen molar-refractivity contribution in [3.05, 3.63) is 42.0 Å². The van der Waals surface area contributed by atoms with E-state index in [4.69, 9.17) is 5.73 Å². The van der Waals surface area contributed by atoms with Gasteiger partial charge in [0.25, 0.3) is 0 Å². The van der Waals surface area contributed by atoms with Gasteiger partial charge in [-0.1, -0.05) is 44.2 Å². The zero-order valence-corrected chi connectivity index (χ0v) is 12.3. The monoisotopic (exact) mass is 279 g/mol. The third-order valence-corrected chi connectivity index (χ3v) is 3.39. The van der Waals surface area contributed by atoms with Gasteiger partial charge in [-0.05, 0) is 35.8 Å². The fraction of sp³-hybridized carbons (Fsp3) is 0.375. The third-order valence-electron chi connectivity index (χ3n) is 3.39. The summed E-state index contributed by atoms with van der Waals surface area (Å²) in [5.41, 5.74) is 7.41. The van der Waals surface area contributed by atoms with Crippen LogP contribution < -0.4 is 5.73 Å². The van der Waals surface area contributed by atoms with Crippen molar-refractivity contribution in [2.45, 2.75) is 32.7 Å². The first kappa shape index (κ1) is 15.8. The number of fused-ring (bicyclic) bond motifs is 1. The molecule has 0 aliphatic rings. The molecule has 0 radical (unpaired) electrons. The van der Waals surface area contributed by atoms with Crippen LogP contribution in [0.2, 0.25) is 0 Å². The van der Waals surface area contributed by atoms with Crippen LogP contribution in [0.4, 0.5) is 0 Å². The Morgan fingerprint density at radius 2 is 1.63 bits per heavy atom. The van der Waals surface area contributed by atoms with Crippen molar-refractivity contribution in [2.75, 3.05) is 0 Å². The number of nitrogens with two attached hydrogens (primary N) is 1. The summed E-state index contributed by atoms with van der Waals surface area (Å²) in [6.45, 7) is 4.42. The lowest BCUT2D eigenvalue weighted by molar-refractivity contribution is 0.480.